The molecule has 0 bridgehead atoms. The molecule has 0 spiro atoms. The van der Waals surface area contributed by atoms with Gasteiger partial charge in [0.25, 0.3) is 11.6 Å². The number of aromatic hydroxyl groups is 1. The van der Waals surface area contributed by atoms with Gasteiger partial charge in [-0.05, 0) is 36.8 Å². The van der Waals surface area contributed by atoms with E-state index >= 15 is 0 Å². The number of benzene rings is 2. The molecule has 8 heteroatoms. The number of hydrogen-bond donors (Lipinski definition) is 2. The maximum absolute atomic E-state index is 12.0. The number of rotatable bonds is 5. The van der Waals surface area contributed by atoms with Crippen LogP contribution in [0.25, 0.3) is 0 Å². The third-order valence-electron chi connectivity index (χ3n) is 3.25. The van der Waals surface area contributed by atoms with Crippen molar-refractivity contribution in [3.63, 3.8) is 0 Å². The lowest BCUT2D eigenvalue weighted by molar-refractivity contribution is -0.385. The lowest BCUT2D eigenvalue weighted by atomic mass is 10.1. The minimum absolute atomic E-state index is 0.00866. The van der Waals surface area contributed by atoms with Gasteiger partial charge >= 0.3 is 0 Å². The van der Waals surface area contributed by atoms with Crippen molar-refractivity contribution >= 4 is 17.8 Å². The molecule has 2 aromatic rings. The summed E-state index contributed by atoms with van der Waals surface area (Å²) in [4.78, 5) is 22.3. The fourth-order valence-corrected chi connectivity index (χ4v) is 1.95. The van der Waals surface area contributed by atoms with Gasteiger partial charge in [-0.2, -0.15) is 5.10 Å². The number of nitrogens with zero attached hydrogens (tertiary/aromatic N) is 2. The average Bonchev–Trinajstić information content (AvgIpc) is 2.56. The molecule has 0 saturated carbocycles. The molecule has 8 nitrogen and oxygen atoms in total. The van der Waals surface area contributed by atoms with Crippen LogP contribution in [0.3, 0.4) is 0 Å². The number of aryl methyl sites for hydroxylation is 1. The van der Waals surface area contributed by atoms with Gasteiger partial charge in [-0.3, -0.25) is 14.9 Å². The Balaban J connectivity index is 2.10. The van der Waals surface area contributed by atoms with Gasteiger partial charge in [0.2, 0.25) is 0 Å². The molecular weight excluding hydrogens is 314 g/mol. The summed E-state index contributed by atoms with van der Waals surface area (Å²) in [5.74, 6) is -0.301. The van der Waals surface area contributed by atoms with Crippen LogP contribution in [0.1, 0.15) is 21.5 Å². The topological polar surface area (TPSA) is 114 Å². The minimum Gasteiger partial charge on any atom is -0.504 e. The third kappa shape index (κ3) is 3.86. The molecule has 24 heavy (non-hydrogen) atoms. The second-order valence-corrected chi connectivity index (χ2v) is 4.89. The number of carbonyl (C=O) groups excluding carboxylic acids is 1. The highest BCUT2D eigenvalue weighted by Crippen LogP contribution is 2.25. The number of phenolic OH excluding ortho intramolecular Hbond substituents is 1. The van der Waals surface area contributed by atoms with E-state index in [0.717, 1.165) is 0 Å². The molecule has 0 aliphatic carbocycles. The molecule has 2 N–H and O–H groups in total. The van der Waals surface area contributed by atoms with E-state index in [2.05, 4.69) is 10.5 Å². The largest absolute Gasteiger partial charge is 0.504 e. The Hall–Kier alpha value is -3.42. The van der Waals surface area contributed by atoms with Gasteiger partial charge in [0.15, 0.2) is 11.5 Å². The molecule has 0 aromatic heterocycles. The zero-order valence-corrected chi connectivity index (χ0v) is 13.0. The Morgan fingerprint density at radius 3 is 2.75 bits per heavy atom. The molecule has 1 amide bonds. The Kier molecular flexibility index (Phi) is 5.10. The van der Waals surface area contributed by atoms with Crippen LogP contribution in [0, 0.1) is 17.0 Å². The first-order chi connectivity index (χ1) is 11.4. The van der Waals surface area contributed by atoms with Gasteiger partial charge in [0.05, 0.1) is 18.2 Å². The predicted molar refractivity (Wildman–Crippen MR) is 87.6 cm³/mol. The summed E-state index contributed by atoms with van der Waals surface area (Å²) in [6.07, 6.45) is 1.36. The molecule has 0 fully saturated rings. The summed E-state index contributed by atoms with van der Waals surface area (Å²) in [6, 6.07) is 8.75. The summed E-state index contributed by atoms with van der Waals surface area (Å²) >= 11 is 0. The van der Waals surface area contributed by atoms with Gasteiger partial charge in [-0.15, -0.1) is 0 Å². The quantitative estimate of drug-likeness (QED) is 0.496. The second kappa shape index (κ2) is 7.23. The molecule has 124 valence electrons. The Bertz CT molecular complexity index is 817. The number of nitro benzene ring substituents is 1. The van der Waals surface area contributed by atoms with Crippen molar-refractivity contribution in [3.05, 3.63) is 63.2 Å². The first kappa shape index (κ1) is 16.9. The molecule has 2 aromatic carbocycles. The van der Waals surface area contributed by atoms with Gasteiger partial charge in [-0.25, -0.2) is 5.43 Å². The highest BCUT2D eigenvalue weighted by atomic mass is 16.6. The number of hydrazone groups is 1. The van der Waals surface area contributed by atoms with Crippen molar-refractivity contribution in [3.8, 4) is 11.5 Å². The fraction of sp³-hybridized carbons (Fsp3) is 0.125. The number of methoxy groups -OCH3 is 1. The van der Waals surface area contributed by atoms with Crippen molar-refractivity contribution in [2.24, 2.45) is 5.10 Å². The van der Waals surface area contributed by atoms with E-state index in [0.29, 0.717) is 11.1 Å². The number of phenols is 1. The number of ether oxygens (including phenoxy) is 1. The number of carbonyl (C=O) groups is 1. The summed E-state index contributed by atoms with van der Waals surface area (Å²) in [6.45, 7) is 1.59. The highest BCUT2D eigenvalue weighted by Gasteiger charge is 2.14. The first-order valence-electron chi connectivity index (χ1n) is 6.88. The predicted octanol–water partition coefficient (Wildman–Crippen LogP) is 2.38. The van der Waals surface area contributed by atoms with Crippen LogP contribution < -0.4 is 10.2 Å². The molecule has 0 saturated heterocycles. The molecule has 0 unspecified atom stereocenters. The summed E-state index contributed by atoms with van der Waals surface area (Å²) in [5.41, 5.74) is 3.36. The third-order valence-corrected chi connectivity index (χ3v) is 3.25. The van der Waals surface area contributed by atoms with E-state index in [1.165, 1.54) is 37.6 Å². The summed E-state index contributed by atoms with van der Waals surface area (Å²) < 4.78 is 4.97. The number of nitro groups is 1. The Labute approximate surface area is 137 Å². The van der Waals surface area contributed by atoms with Gasteiger partial charge < -0.3 is 9.84 Å². The summed E-state index contributed by atoms with van der Waals surface area (Å²) in [7, 11) is 1.42. The summed E-state index contributed by atoms with van der Waals surface area (Å²) in [5, 5.41) is 24.2. The van der Waals surface area contributed by atoms with Crippen LogP contribution >= 0.6 is 0 Å². The lowest BCUT2D eigenvalue weighted by Crippen LogP contribution is -2.17. The van der Waals surface area contributed by atoms with E-state index in [4.69, 9.17) is 4.74 Å². The smallest absolute Gasteiger partial charge is 0.273 e. The fourth-order valence-electron chi connectivity index (χ4n) is 1.95. The Morgan fingerprint density at radius 1 is 1.33 bits per heavy atom. The van der Waals surface area contributed by atoms with Gasteiger partial charge in [-0.1, -0.05) is 6.07 Å². The first-order valence-corrected chi connectivity index (χ1v) is 6.88. The Morgan fingerprint density at radius 2 is 2.08 bits per heavy atom. The molecule has 0 heterocycles. The zero-order valence-electron chi connectivity index (χ0n) is 13.0. The van der Waals surface area contributed by atoms with E-state index < -0.39 is 10.8 Å². The SMILES string of the molecule is COc1cc(C=NNC(=O)c2ccc(C)c([N+](=O)[O-])c2)ccc1O. The van der Waals surface area contributed by atoms with E-state index in [-0.39, 0.29) is 22.7 Å². The standard InChI is InChI=1S/C16H15N3O5/c1-10-3-5-12(8-13(10)19(22)23)16(21)18-17-9-11-4-6-14(20)15(7-11)24-2/h3-9,20H,1-2H3,(H,18,21). The van der Waals surface area contributed by atoms with Crippen molar-refractivity contribution in [1.29, 1.82) is 0 Å². The normalized spacial score (nSPS) is 10.6. The number of nitrogens with one attached hydrogen (secondary N) is 1. The van der Waals surface area contributed by atoms with Crippen LogP contribution in [0.15, 0.2) is 41.5 Å². The molecular formula is C16H15N3O5. The minimum atomic E-state index is -0.569. The molecule has 0 aliphatic heterocycles. The van der Waals surface area contributed by atoms with Crippen molar-refractivity contribution in [1.82, 2.24) is 5.43 Å². The zero-order chi connectivity index (χ0) is 17.7. The second-order valence-electron chi connectivity index (χ2n) is 4.89. The highest BCUT2D eigenvalue weighted by molar-refractivity contribution is 5.95. The van der Waals surface area contributed by atoms with Crippen LogP contribution in [-0.4, -0.2) is 29.3 Å². The van der Waals surface area contributed by atoms with Crippen molar-refractivity contribution in [2.45, 2.75) is 6.92 Å². The maximum Gasteiger partial charge on any atom is 0.273 e. The van der Waals surface area contributed by atoms with Crippen molar-refractivity contribution < 1.29 is 19.6 Å². The van der Waals surface area contributed by atoms with E-state index in [9.17, 15) is 20.0 Å². The van der Waals surface area contributed by atoms with Crippen LogP contribution in [0.4, 0.5) is 5.69 Å². The number of amides is 1. The average molecular weight is 329 g/mol. The van der Waals surface area contributed by atoms with Crippen molar-refractivity contribution in [2.75, 3.05) is 7.11 Å². The van der Waals surface area contributed by atoms with E-state index in [1.54, 1.807) is 19.1 Å². The van der Waals surface area contributed by atoms with Gasteiger partial charge in [0.1, 0.15) is 0 Å². The molecule has 2 rings (SSSR count). The van der Waals surface area contributed by atoms with E-state index in [1.807, 2.05) is 0 Å². The molecule has 0 aliphatic rings. The number of hydrogen-bond acceptors (Lipinski definition) is 6. The monoisotopic (exact) mass is 329 g/mol. The van der Waals surface area contributed by atoms with Crippen LogP contribution in [-0.2, 0) is 0 Å². The van der Waals surface area contributed by atoms with Gasteiger partial charge in [0, 0.05) is 17.2 Å². The maximum atomic E-state index is 12.0. The van der Waals surface area contributed by atoms with Crippen LogP contribution in [0.5, 0.6) is 11.5 Å². The molecule has 0 radical (unpaired) electrons. The van der Waals surface area contributed by atoms with Crippen LogP contribution in [0.2, 0.25) is 0 Å². The lowest BCUT2D eigenvalue weighted by Gasteiger charge is -2.04. The molecule has 0 atom stereocenters.